The first-order valence-electron chi connectivity index (χ1n) is 7.06. The molecule has 0 spiro atoms. The normalized spacial score (nSPS) is 11.8. The third-order valence-electron chi connectivity index (χ3n) is 3.38. The quantitative estimate of drug-likeness (QED) is 0.673. The molecule has 1 amide bonds. The fraction of sp³-hybridized carbons (Fsp3) is 0.176. The van der Waals surface area contributed by atoms with Crippen LogP contribution in [0.1, 0.15) is 11.1 Å². The maximum absolute atomic E-state index is 13.6. The van der Waals surface area contributed by atoms with E-state index in [4.69, 9.17) is 0 Å². The van der Waals surface area contributed by atoms with E-state index in [0.29, 0.717) is 6.07 Å². The van der Waals surface area contributed by atoms with Gasteiger partial charge in [0.2, 0.25) is 5.91 Å². The van der Waals surface area contributed by atoms with Crippen molar-refractivity contribution in [1.29, 1.82) is 0 Å². The maximum Gasteiger partial charge on any atom is 0.326 e. The number of carboxylic acid groups (broad SMARTS) is 1. The second-order valence-electron chi connectivity index (χ2n) is 5.17. The van der Waals surface area contributed by atoms with Gasteiger partial charge in [0, 0.05) is 16.1 Å². The van der Waals surface area contributed by atoms with Crippen LogP contribution in [0, 0.1) is 15.2 Å². The van der Waals surface area contributed by atoms with Gasteiger partial charge in [0.25, 0.3) is 0 Å². The topological polar surface area (TPSA) is 66.4 Å². The van der Waals surface area contributed by atoms with Gasteiger partial charge >= 0.3 is 5.97 Å². The van der Waals surface area contributed by atoms with E-state index in [-0.39, 0.29) is 18.4 Å². The smallest absolute Gasteiger partial charge is 0.326 e. The summed E-state index contributed by atoms with van der Waals surface area (Å²) in [6, 6.07) is 9.00. The van der Waals surface area contributed by atoms with Gasteiger partial charge in [0.1, 0.15) is 17.7 Å². The highest BCUT2D eigenvalue weighted by Gasteiger charge is 2.22. The van der Waals surface area contributed by atoms with E-state index in [2.05, 4.69) is 27.9 Å². The summed E-state index contributed by atoms with van der Waals surface area (Å²) < 4.78 is 27.3. The predicted molar refractivity (Wildman–Crippen MR) is 92.5 cm³/mol. The zero-order valence-electron chi connectivity index (χ0n) is 12.4. The summed E-state index contributed by atoms with van der Waals surface area (Å²) in [6.07, 6.45) is -0.242. The summed E-state index contributed by atoms with van der Waals surface area (Å²) in [5.41, 5.74) is 0.797. The number of carboxylic acids is 1. The molecular weight excluding hydrogens is 431 g/mol. The molecule has 7 heteroatoms. The average Bonchev–Trinajstić information content (AvgIpc) is 2.51. The van der Waals surface area contributed by atoms with E-state index < -0.39 is 29.6 Å². The molecule has 0 heterocycles. The van der Waals surface area contributed by atoms with Crippen LogP contribution in [0.4, 0.5) is 8.78 Å². The molecule has 2 N–H and O–H groups in total. The number of nitrogens with one attached hydrogen (secondary N) is 1. The first kappa shape index (κ1) is 18.3. The molecule has 2 aromatic rings. The summed E-state index contributed by atoms with van der Waals surface area (Å²) in [6.45, 7) is 0. The molecule has 24 heavy (non-hydrogen) atoms. The Hall–Kier alpha value is -2.03. The molecule has 0 saturated heterocycles. The van der Waals surface area contributed by atoms with Crippen LogP contribution in [0.2, 0.25) is 0 Å². The number of hydrogen-bond donors (Lipinski definition) is 2. The predicted octanol–water partition coefficient (Wildman–Crippen LogP) is 2.92. The number of benzene rings is 2. The number of carbonyl (C=O) groups excluding carboxylic acids is 1. The van der Waals surface area contributed by atoms with Gasteiger partial charge in [-0.3, -0.25) is 4.79 Å². The van der Waals surface area contributed by atoms with Gasteiger partial charge in [-0.1, -0.05) is 24.3 Å². The van der Waals surface area contributed by atoms with Gasteiger partial charge in [-0.25, -0.2) is 13.6 Å². The van der Waals surface area contributed by atoms with Crippen molar-refractivity contribution in [2.45, 2.75) is 18.9 Å². The van der Waals surface area contributed by atoms with Crippen molar-refractivity contribution in [2.24, 2.45) is 0 Å². The van der Waals surface area contributed by atoms with Gasteiger partial charge in [-0.15, -0.1) is 0 Å². The molecule has 0 aliphatic heterocycles. The van der Waals surface area contributed by atoms with Crippen LogP contribution in [0.3, 0.4) is 0 Å². The minimum Gasteiger partial charge on any atom is -0.480 e. The van der Waals surface area contributed by atoms with Crippen LogP contribution in [0.25, 0.3) is 0 Å². The highest BCUT2D eigenvalue weighted by molar-refractivity contribution is 14.1. The Morgan fingerprint density at radius 3 is 2.46 bits per heavy atom. The number of carbonyl (C=O) groups is 2. The minimum atomic E-state index is -1.18. The second-order valence-corrected chi connectivity index (χ2v) is 6.33. The van der Waals surface area contributed by atoms with Gasteiger partial charge < -0.3 is 10.4 Å². The average molecular weight is 445 g/mol. The zero-order chi connectivity index (χ0) is 17.7. The second kappa shape index (κ2) is 8.18. The molecule has 1 atom stereocenters. The monoisotopic (exact) mass is 445 g/mol. The Morgan fingerprint density at radius 2 is 1.83 bits per heavy atom. The largest absolute Gasteiger partial charge is 0.480 e. The van der Waals surface area contributed by atoms with Gasteiger partial charge in [-0.05, 0) is 45.9 Å². The minimum absolute atomic E-state index is 0.00679. The molecule has 126 valence electrons. The fourth-order valence-corrected chi connectivity index (χ4v) is 2.77. The Labute approximate surface area is 151 Å². The van der Waals surface area contributed by atoms with E-state index in [0.717, 1.165) is 15.2 Å². The van der Waals surface area contributed by atoms with Gasteiger partial charge in [0.05, 0.1) is 6.42 Å². The van der Waals surface area contributed by atoms with E-state index in [1.807, 2.05) is 12.1 Å². The molecule has 2 aromatic carbocycles. The van der Waals surface area contributed by atoms with Crippen LogP contribution in [0.5, 0.6) is 0 Å². The van der Waals surface area contributed by atoms with Crippen molar-refractivity contribution < 1.29 is 23.5 Å². The number of halogens is 3. The first-order chi connectivity index (χ1) is 11.4. The van der Waals surface area contributed by atoms with Crippen molar-refractivity contribution in [3.8, 4) is 0 Å². The highest BCUT2D eigenvalue weighted by atomic mass is 127. The summed E-state index contributed by atoms with van der Waals surface area (Å²) in [7, 11) is 0. The maximum atomic E-state index is 13.6. The Bertz CT molecular complexity index is 767. The molecule has 0 aliphatic rings. The number of hydrogen-bond acceptors (Lipinski definition) is 2. The summed E-state index contributed by atoms with van der Waals surface area (Å²) >= 11 is 2.09. The number of rotatable bonds is 6. The van der Waals surface area contributed by atoms with Crippen molar-refractivity contribution in [2.75, 3.05) is 0 Å². The Morgan fingerprint density at radius 1 is 1.12 bits per heavy atom. The van der Waals surface area contributed by atoms with Gasteiger partial charge in [-0.2, -0.15) is 0 Å². The molecule has 0 unspecified atom stereocenters. The van der Waals surface area contributed by atoms with Crippen LogP contribution < -0.4 is 5.32 Å². The SMILES string of the molecule is O=C(Cc1ccc(F)cc1F)N[C@@H](Cc1ccccc1I)C(=O)O. The molecule has 0 radical (unpaired) electrons. The van der Waals surface area contributed by atoms with Crippen molar-refractivity contribution >= 4 is 34.5 Å². The molecule has 0 fully saturated rings. The summed E-state index contributed by atoms with van der Waals surface area (Å²) in [5, 5.41) is 11.7. The lowest BCUT2D eigenvalue weighted by molar-refractivity contribution is -0.141. The standard InChI is InChI=1S/C17H14F2INO3/c18-12-6-5-10(13(19)9-12)8-16(22)21-15(17(23)24)7-11-3-1-2-4-14(11)20/h1-6,9,15H,7-8H2,(H,21,22)(H,23,24)/t15-/m0/s1. The van der Waals surface area contributed by atoms with Crippen LogP contribution in [0.15, 0.2) is 42.5 Å². The molecule has 0 bridgehead atoms. The molecule has 0 aliphatic carbocycles. The van der Waals surface area contributed by atoms with Crippen molar-refractivity contribution in [3.63, 3.8) is 0 Å². The Balaban J connectivity index is 2.06. The van der Waals surface area contributed by atoms with Crippen LogP contribution in [-0.2, 0) is 22.4 Å². The molecule has 0 aromatic heterocycles. The number of aliphatic carboxylic acids is 1. The lowest BCUT2D eigenvalue weighted by Crippen LogP contribution is -2.43. The van der Waals surface area contributed by atoms with E-state index in [1.54, 1.807) is 12.1 Å². The molecular formula is C17H14F2INO3. The molecule has 0 saturated carbocycles. The Kier molecular flexibility index (Phi) is 6.24. The lowest BCUT2D eigenvalue weighted by Gasteiger charge is -2.15. The zero-order valence-corrected chi connectivity index (χ0v) is 14.6. The van der Waals surface area contributed by atoms with Gasteiger partial charge in [0.15, 0.2) is 0 Å². The van der Waals surface area contributed by atoms with E-state index >= 15 is 0 Å². The molecule has 2 rings (SSSR count). The number of amides is 1. The summed E-state index contributed by atoms with van der Waals surface area (Å²) in [4.78, 5) is 23.4. The lowest BCUT2D eigenvalue weighted by atomic mass is 10.1. The highest BCUT2D eigenvalue weighted by Crippen LogP contribution is 2.14. The summed E-state index contributed by atoms with van der Waals surface area (Å²) in [5.74, 6) is -3.39. The van der Waals surface area contributed by atoms with Crippen LogP contribution >= 0.6 is 22.6 Å². The van der Waals surface area contributed by atoms with E-state index in [9.17, 15) is 23.5 Å². The van der Waals surface area contributed by atoms with Crippen molar-refractivity contribution in [3.05, 3.63) is 68.8 Å². The van der Waals surface area contributed by atoms with Crippen LogP contribution in [-0.4, -0.2) is 23.0 Å². The van der Waals surface area contributed by atoms with Crippen molar-refractivity contribution in [1.82, 2.24) is 5.32 Å². The third kappa shape index (κ3) is 4.98. The first-order valence-corrected chi connectivity index (χ1v) is 8.14. The van der Waals surface area contributed by atoms with E-state index in [1.165, 1.54) is 6.07 Å². The molecule has 4 nitrogen and oxygen atoms in total. The third-order valence-corrected chi connectivity index (χ3v) is 4.43. The fourth-order valence-electron chi connectivity index (χ4n) is 2.17.